The number of halogens is 1. The molecule has 1 amide bonds. The number of hydrogen-bond donors (Lipinski definition) is 3. The summed E-state index contributed by atoms with van der Waals surface area (Å²) >= 11 is 0. The Balaban J connectivity index is 0.00000450. The van der Waals surface area contributed by atoms with Crippen LogP contribution in [0.3, 0.4) is 0 Å². The molecule has 1 aromatic rings. The second-order valence-electron chi connectivity index (χ2n) is 7.18. The van der Waals surface area contributed by atoms with Crippen molar-refractivity contribution in [1.82, 2.24) is 20.9 Å². The summed E-state index contributed by atoms with van der Waals surface area (Å²) in [6.45, 7) is 6.11. The molecule has 8 nitrogen and oxygen atoms in total. The Bertz CT molecular complexity index is 664. The number of amides is 1. The number of nitrogens with one attached hydrogen (secondary N) is 3. The summed E-state index contributed by atoms with van der Waals surface area (Å²) < 4.78 is 10.7. The van der Waals surface area contributed by atoms with Crippen molar-refractivity contribution in [2.45, 2.75) is 38.8 Å². The van der Waals surface area contributed by atoms with Crippen molar-refractivity contribution in [2.24, 2.45) is 4.99 Å². The SMILES string of the molecule is CCCNC(=O)CCNC(=NC)NC1CCN(Cc2cc(OC)cc(OC)c2)C1.I. The minimum atomic E-state index is 0. The number of rotatable bonds is 10. The average molecular weight is 533 g/mol. The maximum atomic E-state index is 11.7. The highest BCUT2D eigenvalue weighted by molar-refractivity contribution is 14.0. The fourth-order valence-electron chi connectivity index (χ4n) is 3.35. The highest BCUT2D eigenvalue weighted by Crippen LogP contribution is 2.24. The van der Waals surface area contributed by atoms with E-state index in [9.17, 15) is 4.79 Å². The number of carbonyl (C=O) groups is 1. The number of carbonyl (C=O) groups excluding carboxylic acids is 1. The van der Waals surface area contributed by atoms with Crippen LogP contribution >= 0.6 is 24.0 Å². The predicted octanol–water partition coefficient (Wildman–Crippen LogP) is 1.98. The van der Waals surface area contributed by atoms with Gasteiger partial charge in [0.1, 0.15) is 11.5 Å². The molecule has 1 aliphatic heterocycles. The standard InChI is InChI=1S/C21H35N5O3.HI/c1-5-8-23-20(27)6-9-24-21(22-2)25-17-7-10-26(15-17)14-16-11-18(28-3)13-19(12-16)29-4;/h11-13,17H,5-10,14-15H2,1-4H3,(H,23,27)(H2,22,24,25);1H. The summed E-state index contributed by atoms with van der Waals surface area (Å²) in [7, 11) is 5.09. The lowest BCUT2D eigenvalue weighted by Gasteiger charge is -2.19. The molecule has 1 aliphatic rings. The van der Waals surface area contributed by atoms with Crippen molar-refractivity contribution in [3.8, 4) is 11.5 Å². The summed E-state index contributed by atoms with van der Waals surface area (Å²) in [5, 5.41) is 9.56. The van der Waals surface area contributed by atoms with Crippen molar-refractivity contribution < 1.29 is 14.3 Å². The van der Waals surface area contributed by atoms with E-state index in [0.717, 1.165) is 56.5 Å². The van der Waals surface area contributed by atoms with Crippen LogP contribution in [0, 0.1) is 0 Å². The highest BCUT2D eigenvalue weighted by atomic mass is 127. The zero-order chi connectivity index (χ0) is 21.1. The summed E-state index contributed by atoms with van der Waals surface area (Å²) in [4.78, 5) is 18.4. The molecule has 0 saturated carbocycles. The maximum Gasteiger partial charge on any atom is 0.221 e. The van der Waals surface area contributed by atoms with E-state index in [2.05, 4.69) is 25.8 Å². The van der Waals surface area contributed by atoms with Crippen LogP contribution in [0.4, 0.5) is 0 Å². The lowest BCUT2D eigenvalue weighted by atomic mass is 10.2. The molecule has 2 rings (SSSR count). The lowest BCUT2D eigenvalue weighted by Crippen LogP contribution is -2.45. The molecule has 1 unspecified atom stereocenters. The number of likely N-dealkylation sites (tertiary alicyclic amines) is 1. The average Bonchev–Trinajstić information content (AvgIpc) is 3.17. The molecular formula is C21H36IN5O3. The molecule has 1 heterocycles. The molecule has 30 heavy (non-hydrogen) atoms. The monoisotopic (exact) mass is 533 g/mol. The third-order valence-corrected chi connectivity index (χ3v) is 4.87. The summed E-state index contributed by atoms with van der Waals surface area (Å²) in [6, 6.07) is 6.30. The van der Waals surface area contributed by atoms with E-state index in [1.807, 2.05) is 25.1 Å². The van der Waals surface area contributed by atoms with Crippen LogP contribution in [0.25, 0.3) is 0 Å². The van der Waals surface area contributed by atoms with Gasteiger partial charge in [-0.25, -0.2) is 0 Å². The number of nitrogens with zero attached hydrogens (tertiary/aromatic N) is 2. The first-order valence-corrected chi connectivity index (χ1v) is 10.3. The largest absolute Gasteiger partial charge is 0.497 e. The van der Waals surface area contributed by atoms with Gasteiger partial charge in [0, 0.05) is 58.3 Å². The third kappa shape index (κ3) is 8.95. The topological polar surface area (TPSA) is 87.2 Å². The van der Waals surface area contributed by atoms with Crippen molar-refractivity contribution >= 4 is 35.8 Å². The number of benzene rings is 1. The molecule has 0 bridgehead atoms. The van der Waals surface area contributed by atoms with Gasteiger partial charge in [0.25, 0.3) is 0 Å². The minimum absolute atomic E-state index is 0. The molecule has 0 aliphatic carbocycles. The normalized spacial score (nSPS) is 16.5. The number of ether oxygens (including phenoxy) is 2. The fraction of sp³-hybridized carbons (Fsp3) is 0.619. The second-order valence-corrected chi connectivity index (χ2v) is 7.18. The second kappa shape index (κ2) is 14.3. The summed E-state index contributed by atoms with van der Waals surface area (Å²) in [6.07, 6.45) is 2.43. The Hall–Kier alpha value is -1.75. The Morgan fingerprint density at radius 2 is 1.87 bits per heavy atom. The molecule has 3 N–H and O–H groups in total. The molecule has 0 aromatic heterocycles. The van der Waals surface area contributed by atoms with E-state index >= 15 is 0 Å². The summed E-state index contributed by atoms with van der Waals surface area (Å²) in [5.41, 5.74) is 1.17. The highest BCUT2D eigenvalue weighted by Gasteiger charge is 2.23. The molecular weight excluding hydrogens is 497 g/mol. The van der Waals surface area contributed by atoms with E-state index in [1.165, 1.54) is 5.56 Å². The van der Waals surface area contributed by atoms with Gasteiger partial charge in [0.05, 0.1) is 14.2 Å². The van der Waals surface area contributed by atoms with Gasteiger partial charge in [0.2, 0.25) is 5.91 Å². The van der Waals surface area contributed by atoms with E-state index in [1.54, 1.807) is 21.3 Å². The van der Waals surface area contributed by atoms with Crippen molar-refractivity contribution in [1.29, 1.82) is 0 Å². The van der Waals surface area contributed by atoms with E-state index < -0.39 is 0 Å². The van der Waals surface area contributed by atoms with Gasteiger partial charge >= 0.3 is 0 Å². The Morgan fingerprint density at radius 1 is 1.17 bits per heavy atom. The van der Waals surface area contributed by atoms with Crippen LogP contribution in [0.2, 0.25) is 0 Å². The van der Waals surface area contributed by atoms with Gasteiger partial charge in [-0.1, -0.05) is 6.92 Å². The molecule has 170 valence electrons. The molecule has 1 saturated heterocycles. The van der Waals surface area contributed by atoms with Gasteiger partial charge in [-0.15, -0.1) is 24.0 Å². The zero-order valence-electron chi connectivity index (χ0n) is 18.5. The van der Waals surface area contributed by atoms with Crippen molar-refractivity contribution in [3.63, 3.8) is 0 Å². The van der Waals surface area contributed by atoms with Crippen LogP contribution in [-0.4, -0.2) is 70.3 Å². The van der Waals surface area contributed by atoms with Crippen molar-refractivity contribution in [2.75, 3.05) is 47.4 Å². The van der Waals surface area contributed by atoms with Crippen LogP contribution in [0.15, 0.2) is 23.2 Å². The number of aliphatic imine (C=N–C) groups is 1. The first-order chi connectivity index (χ1) is 14.1. The Kier molecular flexibility index (Phi) is 12.5. The van der Waals surface area contributed by atoms with Crippen LogP contribution in [0.5, 0.6) is 11.5 Å². The van der Waals surface area contributed by atoms with Crippen molar-refractivity contribution in [3.05, 3.63) is 23.8 Å². The molecule has 0 spiro atoms. The van der Waals surface area contributed by atoms with Crippen LogP contribution in [0.1, 0.15) is 31.7 Å². The van der Waals surface area contributed by atoms with Gasteiger partial charge in [0.15, 0.2) is 5.96 Å². The van der Waals surface area contributed by atoms with Crippen LogP contribution < -0.4 is 25.4 Å². The molecule has 1 atom stereocenters. The van der Waals surface area contributed by atoms with E-state index in [4.69, 9.17) is 9.47 Å². The first kappa shape index (κ1) is 26.3. The molecule has 1 fully saturated rings. The van der Waals surface area contributed by atoms with E-state index in [-0.39, 0.29) is 29.9 Å². The molecule has 9 heteroatoms. The minimum Gasteiger partial charge on any atom is -0.497 e. The number of methoxy groups -OCH3 is 2. The quantitative estimate of drug-likeness (QED) is 0.242. The Morgan fingerprint density at radius 3 is 2.47 bits per heavy atom. The van der Waals surface area contributed by atoms with E-state index in [0.29, 0.717) is 19.0 Å². The molecule has 0 radical (unpaired) electrons. The van der Waals surface area contributed by atoms with Gasteiger partial charge < -0.3 is 25.4 Å². The number of hydrogen-bond acceptors (Lipinski definition) is 5. The first-order valence-electron chi connectivity index (χ1n) is 10.3. The smallest absolute Gasteiger partial charge is 0.221 e. The molecule has 1 aromatic carbocycles. The maximum absolute atomic E-state index is 11.7. The third-order valence-electron chi connectivity index (χ3n) is 4.87. The summed E-state index contributed by atoms with van der Waals surface area (Å²) in [5.74, 6) is 2.42. The zero-order valence-corrected chi connectivity index (χ0v) is 20.8. The predicted molar refractivity (Wildman–Crippen MR) is 131 cm³/mol. The lowest BCUT2D eigenvalue weighted by molar-refractivity contribution is -0.120. The van der Waals surface area contributed by atoms with Gasteiger partial charge in [-0.2, -0.15) is 0 Å². The Labute approximate surface area is 197 Å². The van der Waals surface area contributed by atoms with Gasteiger partial charge in [-0.05, 0) is 30.5 Å². The fourth-order valence-corrected chi connectivity index (χ4v) is 3.35. The van der Waals surface area contributed by atoms with Gasteiger partial charge in [-0.3, -0.25) is 14.7 Å². The van der Waals surface area contributed by atoms with Crippen LogP contribution in [-0.2, 0) is 11.3 Å². The number of guanidine groups is 1.